The third-order valence-electron chi connectivity index (χ3n) is 4.24. The molecule has 0 bridgehead atoms. The molecule has 0 aromatic carbocycles. The molecule has 1 aliphatic rings. The standard InChI is InChI=1S/C15H30/c1-14(2,3)12-10-8-7-9-11-13(12)15(4,5)6/h12-13H,7-11H2,1-6H3/t12-,13+. The molecular formula is C15H30. The Morgan fingerprint density at radius 1 is 0.600 bits per heavy atom. The summed E-state index contributed by atoms with van der Waals surface area (Å²) in [5.74, 6) is 1.83. The molecule has 0 amide bonds. The van der Waals surface area contributed by atoms with E-state index in [4.69, 9.17) is 0 Å². The minimum Gasteiger partial charge on any atom is -0.0599 e. The molecule has 0 N–H and O–H groups in total. The van der Waals surface area contributed by atoms with Crippen LogP contribution >= 0.6 is 0 Å². The van der Waals surface area contributed by atoms with Crippen molar-refractivity contribution in [1.29, 1.82) is 0 Å². The summed E-state index contributed by atoms with van der Waals surface area (Å²) in [6.45, 7) is 14.6. The van der Waals surface area contributed by atoms with E-state index in [1.807, 2.05) is 0 Å². The Morgan fingerprint density at radius 3 is 1.20 bits per heavy atom. The van der Waals surface area contributed by atoms with Gasteiger partial charge in [0.2, 0.25) is 0 Å². The van der Waals surface area contributed by atoms with Crippen molar-refractivity contribution in [3.05, 3.63) is 0 Å². The Balaban J connectivity index is 2.86. The third-order valence-corrected chi connectivity index (χ3v) is 4.24. The molecule has 1 aliphatic carbocycles. The van der Waals surface area contributed by atoms with Gasteiger partial charge in [-0.1, -0.05) is 60.8 Å². The highest BCUT2D eigenvalue weighted by Gasteiger charge is 2.38. The van der Waals surface area contributed by atoms with Crippen LogP contribution in [0.1, 0.15) is 73.6 Å². The average molecular weight is 210 g/mol. The molecule has 0 aromatic rings. The SMILES string of the molecule is CC(C)(C)[C@@H]1CCCCC[C@@H]1C(C)(C)C. The molecule has 15 heavy (non-hydrogen) atoms. The fourth-order valence-corrected chi connectivity index (χ4v) is 3.38. The van der Waals surface area contributed by atoms with E-state index in [9.17, 15) is 0 Å². The van der Waals surface area contributed by atoms with Crippen LogP contribution < -0.4 is 0 Å². The number of hydrogen-bond donors (Lipinski definition) is 0. The first-order valence-electron chi connectivity index (χ1n) is 6.73. The molecule has 0 aromatic heterocycles. The van der Waals surface area contributed by atoms with Crippen LogP contribution in [0.2, 0.25) is 0 Å². The van der Waals surface area contributed by atoms with Crippen LogP contribution in [0.5, 0.6) is 0 Å². The minimum atomic E-state index is 0.488. The zero-order valence-corrected chi connectivity index (χ0v) is 11.7. The van der Waals surface area contributed by atoms with Crippen molar-refractivity contribution in [2.75, 3.05) is 0 Å². The number of hydrogen-bond acceptors (Lipinski definition) is 0. The maximum absolute atomic E-state index is 2.43. The molecular weight excluding hydrogens is 180 g/mol. The summed E-state index contributed by atoms with van der Waals surface area (Å²) in [6, 6.07) is 0. The molecule has 90 valence electrons. The van der Waals surface area contributed by atoms with Crippen LogP contribution in [0.4, 0.5) is 0 Å². The predicted octanol–water partition coefficient (Wildman–Crippen LogP) is 5.28. The first-order valence-corrected chi connectivity index (χ1v) is 6.73. The summed E-state index contributed by atoms with van der Waals surface area (Å²) in [5, 5.41) is 0. The van der Waals surface area contributed by atoms with Gasteiger partial charge >= 0.3 is 0 Å². The highest BCUT2D eigenvalue weighted by molar-refractivity contribution is 4.88. The van der Waals surface area contributed by atoms with E-state index in [-0.39, 0.29) is 0 Å². The zero-order valence-electron chi connectivity index (χ0n) is 11.7. The Bertz CT molecular complexity index is 167. The van der Waals surface area contributed by atoms with E-state index < -0.39 is 0 Å². The van der Waals surface area contributed by atoms with Crippen molar-refractivity contribution in [2.45, 2.75) is 73.6 Å². The van der Waals surface area contributed by atoms with Crippen molar-refractivity contribution in [3.8, 4) is 0 Å². The van der Waals surface area contributed by atoms with E-state index in [1.165, 1.54) is 32.1 Å². The Kier molecular flexibility index (Phi) is 3.90. The van der Waals surface area contributed by atoms with E-state index >= 15 is 0 Å². The molecule has 1 rings (SSSR count). The first-order chi connectivity index (χ1) is 6.73. The van der Waals surface area contributed by atoms with Gasteiger partial charge in [-0.2, -0.15) is 0 Å². The van der Waals surface area contributed by atoms with Crippen molar-refractivity contribution in [2.24, 2.45) is 22.7 Å². The van der Waals surface area contributed by atoms with Gasteiger partial charge in [-0.3, -0.25) is 0 Å². The van der Waals surface area contributed by atoms with E-state index in [0.29, 0.717) is 10.8 Å². The molecule has 0 nitrogen and oxygen atoms in total. The van der Waals surface area contributed by atoms with Crippen LogP contribution in [-0.2, 0) is 0 Å². The third kappa shape index (κ3) is 3.50. The highest BCUT2D eigenvalue weighted by Crippen LogP contribution is 2.47. The van der Waals surface area contributed by atoms with Gasteiger partial charge in [0.05, 0.1) is 0 Å². The second-order valence-electron chi connectivity index (χ2n) is 7.58. The lowest BCUT2D eigenvalue weighted by Gasteiger charge is -2.43. The molecule has 0 spiro atoms. The van der Waals surface area contributed by atoms with Crippen molar-refractivity contribution in [1.82, 2.24) is 0 Å². The normalized spacial score (nSPS) is 30.0. The Morgan fingerprint density at radius 2 is 0.933 bits per heavy atom. The smallest absolute Gasteiger partial charge is 0.0332 e. The topological polar surface area (TPSA) is 0 Å². The number of rotatable bonds is 0. The highest BCUT2D eigenvalue weighted by atomic mass is 14.4. The fraction of sp³-hybridized carbons (Fsp3) is 1.00. The maximum Gasteiger partial charge on any atom is -0.0332 e. The first kappa shape index (κ1) is 13.1. The van der Waals surface area contributed by atoms with Gasteiger partial charge in [-0.25, -0.2) is 0 Å². The van der Waals surface area contributed by atoms with Gasteiger partial charge in [-0.05, 0) is 35.5 Å². The summed E-state index contributed by atoms with van der Waals surface area (Å²) in [6.07, 6.45) is 7.26. The van der Waals surface area contributed by atoms with E-state index in [0.717, 1.165) is 11.8 Å². The quantitative estimate of drug-likeness (QED) is 0.477. The van der Waals surface area contributed by atoms with E-state index in [2.05, 4.69) is 41.5 Å². The van der Waals surface area contributed by atoms with Gasteiger partial charge in [0, 0.05) is 0 Å². The fourth-order valence-electron chi connectivity index (χ4n) is 3.38. The summed E-state index contributed by atoms with van der Waals surface area (Å²) in [4.78, 5) is 0. The van der Waals surface area contributed by atoms with Crippen LogP contribution in [0, 0.1) is 22.7 Å². The monoisotopic (exact) mass is 210 g/mol. The molecule has 0 heteroatoms. The lowest BCUT2D eigenvalue weighted by molar-refractivity contribution is 0.0646. The summed E-state index contributed by atoms with van der Waals surface area (Å²) in [7, 11) is 0. The van der Waals surface area contributed by atoms with Gasteiger partial charge in [0.1, 0.15) is 0 Å². The lowest BCUT2D eigenvalue weighted by Crippen LogP contribution is -2.35. The van der Waals surface area contributed by atoms with E-state index in [1.54, 1.807) is 0 Å². The molecule has 0 radical (unpaired) electrons. The molecule has 0 heterocycles. The molecule has 0 aliphatic heterocycles. The summed E-state index contributed by atoms with van der Waals surface area (Å²) in [5.41, 5.74) is 0.977. The second kappa shape index (κ2) is 4.47. The molecule has 0 saturated heterocycles. The van der Waals surface area contributed by atoms with Crippen molar-refractivity contribution < 1.29 is 0 Å². The maximum atomic E-state index is 2.43. The summed E-state index contributed by atoms with van der Waals surface area (Å²) >= 11 is 0. The van der Waals surface area contributed by atoms with Crippen LogP contribution in [0.3, 0.4) is 0 Å². The largest absolute Gasteiger partial charge is 0.0599 e. The average Bonchev–Trinajstić information content (AvgIpc) is 2.24. The van der Waals surface area contributed by atoms with Gasteiger partial charge in [0.25, 0.3) is 0 Å². The molecule has 2 atom stereocenters. The lowest BCUT2D eigenvalue weighted by atomic mass is 9.62. The van der Waals surface area contributed by atoms with Crippen molar-refractivity contribution in [3.63, 3.8) is 0 Å². The Hall–Kier alpha value is 0. The second-order valence-corrected chi connectivity index (χ2v) is 7.58. The minimum absolute atomic E-state index is 0.488. The van der Waals surface area contributed by atoms with Crippen LogP contribution in [0.15, 0.2) is 0 Å². The molecule has 1 fully saturated rings. The molecule has 1 saturated carbocycles. The summed E-state index contributed by atoms with van der Waals surface area (Å²) < 4.78 is 0. The van der Waals surface area contributed by atoms with Gasteiger partial charge < -0.3 is 0 Å². The van der Waals surface area contributed by atoms with Crippen molar-refractivity contribution >= 4 is 0 Å². The molecule has 0 unspecified atom stereocenters. The predicted molar refractivity (Wildman–Crippen MR) is 69.0 cm³/mol. The Labute approximate surface area is 96.8 Å². The van der Waals surface area contributed by atoms with Gasteiger partial charge in [0.15, 0.2) is 0 Å². The van der Waals surface area contributed by atoms with Crippen LogP contribution in [-0.4, -0.2) is 0 Å². The van der Waals surface area contributed by atoms with Crippen LogP contribution in [0.25, 0.3) is 0 Å². The van der Waals surface area contributed by atoms with Gasteiger partial charge in [-0.15, -0.1) is 0 Å². The zero-order chi connectivity index (χ0) is 11.7.